The molecule has 0 saturated heterocycles. The maximum atomic E-state index is 4.51. The van der Waals surface area contributed by atoms with E-state index in [4.69, 9.17) is 0 Å². The average Bonchev–Trinajstić information content (AvgIpc) is 2.91. The van der Waals surface area contributed by atoms with Crippen LogP contribution in [-0.4, -0.2) is 19.6 Å². The summed E-state index contributed by atoms with van der Waals surface area (Å²) in [6.07, 6.45) is 4.02. The third-order valence-electron chi connectivity index (χ3n) is 3.55. The molecule has 1 N–H and O–H groups in total. The smallest absolute Gasteiger partial charge is 0.0825 e. The van der Waals surface area contributed by atoms with E-state index in [9.17, 15) is 0 Å². The van der Waals surface area contributed by atoms with Gasteiger partial charge in [0.25, 0.3) is 0 Å². The molecule has 5 nitrogen and oxygen atoms in total. The van der Waals surface area contributed by atoms with Crippen LogP contribution in [0.2, 0.25) is 0 Å². The van der Waals surface area contributed by atoms with Gasteiger partial charge in [-0.1, -0.05) is 0 Å². The summed E-state index contributed by atoms with van der Waals surface area (Å²) in [5, 5.41) is 12.4. The van der Waals surface area contributed by atoms with Crippen molar-refractivity contribution in [1.82, 2.24) is 19.6 Å². The molecule has 0 aliphatic carbocycles. The summed E-state index contributed by atoms with van der Waals surface area (Å²) in [5.41, 5.74) is 4.58. The Morgan fingerprint density at radius 1 is 1.15 bits per heavy atom. The molecule has 0 atom stereocenters. The van der Waals surface area contributed by atoms with Crippen molar-refractivity contribution in [2.24, 2.45) is 0 Å². The molecule has 0 bridgehead atoms. The molecule has 2 aromatic rings. The second-order valence-electron chi connectivity index (χ2n) is 5.85. The molecule has 110 valence electrons. The summed E-state index contributed by atoms with van der Waals surface area (Å²) in [6.45, 7) is 13.5. The fraction of sp³-hybridized carbons (Fsp3) is 0.600. The largest absolute Gasteiger partial charge is 0.378 e. The zero-order chi connectivity index (χ0) is 14.9. The minimum atomic E-state index is 0.384. The highest BCUT2D eigenvalue weighted by molar-refractivity contribution is 5.46. The predicted molar refractivity (Wildman–Crippen MR) is 82.0 cm³/mol. The number of hydrogen-bond acceptors (Lipinski definition) is 3. The highest BCUT2D eigenvalue weighted by atomic mass is 15.3. The van der Waals surface area contributed by atoms with Gasteiger partial charge in [-0.25, -0.2) is 0 Å². The summed E-state index contributed by atoms with van der Waals surface area (Å²) in [7, 11) is 0. The van der Waals surface area contributed by atoms with Gasteiger partial charge in [0.1, 0.15) is 0 Å². The molecule has 0 aliphatic rings. The fourth-order valence-corrected chi connectivity index (χ4v) is 2.26. The number of anilines is 1. The Balaban J connectivity index is 2.09. The van der Waals surface area contributed by atoms with E-state index in [-0.39, 0.29) is 0 Å². The first kappa shape index (κ1) is 14.6. The first-order valence-corrected chi connectivity index (χ1v) is 7.22. The number of aromatic nitrogens is 4. The SMILES string of the molecule is Cc1nn(C(C)C)cc1NCc1cnn(C(C)C)c1C. The van der Waals surface area contributed by atoms with Gasteiger partial charge in [0.15, 0.2) is 0 Å². The van der Waals surface area contributed by atoms with Crippen LogP contribution < -0.4 is 5.32 Å². The average molecular weight is 275 g/mol. The number of aryl methyl sites for hydroxylation is 1. The van der Waals surface area contributed by atoms with Crippen molar-refractivity contribution in [3.8, 4) is 0 Å². The van der Waals surface area contributed by atoms with Gasteiger partial charge >= 0.3 is 0 Å². The number of hydrogen-bond donors (Lipinski definition) is 1. The summed E-state index contributed by atoms with van der Waals surface area (Å²) < 4.78 is 4.05. The molecule has 0 fully saturated rings. The van der Waals surface area contributed by atoms with Gasteiger partial charge in [-0.3, -0.25) is 9.36 Å². The van der Waals surface area contributed by atoms with Gasteiger partial charge in [0.2, 0.25) is 0 Å². The maximum absolute atomic E-state index is 4.51. The minimum Gasteiger partial charge on any atom is -0.378 e. The van der Waals surface area contributed by atoms with Gasteiger partial charge < -0.3 is 5.32 Å². The molecule has 20 heavy (non-hydrogen) atoms. The molecule has 0 spiro atoms. The Hall–Kier alpha value is -1.78. The lowest BCUT2D eigenvalue weighted by Crippen LogP contribution is -2.06. The number of nitrogens with zero attached hydrogens (tertiary/aromatic N) is 4. The van der Waals surface area contributed by atoms with Crippen LogP contribution in [0.5, 0.6) is 0 Å². The monoisotopic (exact) mass is 275 g/mol. The van der Waals surface area contributed by atoms with Crippen LogP contribution in [0.4, 0.5) is 5.69 Å². The number of rotatable bonds is 5. The third-order valence-corrected chi connectivity index (χ3v) is 3.55. The van der Waals surface area contributed by atoms with Gasteiger partial charge in [0.05, 0.1) is 17.6 Å². The lowest BCUT2D eigenvalue weighted by atomic mass is 10.2. The van der Waals surface area contributed by atoms with E-state index in [2.05, 4.69) is 61.0 Å². The van der Waals surface area contributed by atoms with E-state index in [1.807, 2.05) is 17.8 Å². The lowest BCUT2D eigenvalue weighted by Gasteiger charge is -2.09. The molecule has 2 rings (SSSR count). The molecule has 0 saturated carbocycles. The second kappa shape index (κ2) is 5.69. The van der Waals surface area contributed by atoms with E-state index in [1.54, 1.807) is 0 Å². The molecule has 0 radical (unpaired) electrons. The highest BCUT2D eigenvalue weighted by Gasteiger charge is 2.10. The molecule has 0 aromatic carbocycles. The Kier molecular flexibility index (Phi) is 4.16. The van der Waals surface area contributed by atoms with Crippen molar-refractivity contribution in [3.05, 3.63) is 29.3 Å². The quantitative estimate of drug-likeness (QED) is 0.909. The molecule has 0 unspecified atom stereocenters. The van der Waals surface area contributed by atoms with Gasteiger partial charge in [-0.2, -0.15) is 10.2 Å². The summed E-state index contributed by atoms with van der Waals surface area (Å²) in [6, 6.07) is 0.781. The van der Waals surface area contributed by atoms with Gasteiger partial charge in [-0.05, 0) is 41.5 Å². The second-order valence-corrected chi connectivity index (χ2v) is 5.85. The van der Waals surface area contributed by atoms with Crippen LogP contribution >= 0.6 is 0 Å². The summed E-state index contributed by atoms with van der Waals surface area (Å²) in [5.74, 6) is 0. The highest BCUT2D eigenvalue weighted by Crippen LogP contribution is 2.18. The Morgan fingerprint density at radius 3 is 2.35 bits per heavy atom. The zero-order valence-electron chi connectivity index (χ0n) is 13.3. The van der Waals surface area contributed by atoms with Crippen molar-refractivity contribution in [2.45, 2.75) is 60.2 Å². The van der Waals surface area contributed by atoms with E-state index >= 15 is 0 Å². The van der Waals surface area contributed by atoms with Crippen LogP contribution in [0.15, 0.2) is 12.4 Å². The molecule has 0 amide bonds. The maximum Gasteiger partial charge on any atom is 0.0825 e. The summed E-state index contributed by atoms with van der Waals surface area (Å²) >= 11 is 0. The van der Waals surface area contributed by atoms with E-state index in [1.165, 1.54) is 11.3 Å². The predicted octanol–water partition coefficient (Wildman–Crippen LogP) is 3.47. The first-order valence-electron chi connectivity index (χ1n) is 7.22. The molecular weight excluding hydrogens is 250 g/mol. The lowest BCUT2D eigenvalue weighted by molar-refractivity contribution is 0.518. The van der Waals surface area contributed by atoms with Crippen molar-refractivity contribution in [2.75, 3.05) is 5.32 Å². The molecule has 5 heteroatoms. The minimum absolute atomic E-state index is 0.384. The van der Waals surface area contributed by atoms with Crippen molar-refractivity contribution >= 4 is 5.69 Å². The van der Waals surface area contributed by atoms with E-state index in [0.29, 0.717) is 12.1 Å². The van der Waals surface area contributed by atoms with Crippen LogP contribution in [0.3, 0.4) is 0 Å². The standard InChI is InChI=1S/C15H25N5/c1-10(2)19-9-15(12(5)18-19)16-7-14-8-17-20(11(3)4)13(14)6/h8-11,16H,7H2,1-6H3. The fourth-order valence-electron chi connectivity index (χ4n) is 2.26. The number of nitrogens with one attached hydrogen (secondary N) is 1. The van der Waals surface area contributed by atoms with Crippen LogP contribution in [0.25, 0.3) is 0 Å². The molecule has 2 heterocycles. The first-order chi connectivity index (χ1) is 9.40. The normalized spacial score (nSPS) is 11.6. The third kappa shape index (κ3) is 2.86. The van der Waals surface area contributed by atoms with Gasteiger partial charge in [0, 0.05) is 36.1 Å². The topological polar surface area (TPSA) is 47.7 Å². The van der Waals surface area contributed by atoms with Crippen molar-refractivity contribution in [3.63, 3.8) is 0 Å². The van der Waals surface area contributed by atoms with E-state index < -0.39 is 0 Å². The Morgan fingerprint density at radius 2 is 1.85 bits per heavy atom. The van der Waals surface area contributed by atoms with Gasteiger partial charge in [-0.15, -0.1) is 0 Å². The molecular formula is C15H25N5. The van der Waals surface area contributed by atoms with Crippen molar-refractivity contribution in [1.29, 1.82) is 0 Å². The van der Waals surface area contributed by atoms with Crippen molar-refractivity contribution < 1.29 is 0 Å². The van der Waals surface area contributed by atoms with Crippen LogP contribution in [-0.2, 0) is 6.54 Å². The molecule has 0 aliphatic heterocycles. The van der Waals surface area contributed by atoms with Crippen LogP contribution in [0, 0.1) is 13.8 Å². The van der Waals surface area contributed by atoms with Crippen LogP contribution in [0.1, 0.15) is 56.7 Å². The van der Waals surface area contributed by atoms with E-state index in [0.717, 1.165) is 17.9 Å². The zero-order valence-corrected chi connectivity index (χ0v) is 13.3. The Bertz CT molecular complexity index is 575. The summed E-state index contributed by atoms with van der Waals surface area (Å²) in [4.78, 5) is 0. The Labute approximate surface area is 121 Å². The molecule has 2 aromatic heterocycles.